The van der Waals surface area contributed by atoms with E-state index in [0.717, 1.165) is 0 Å². The molecule has 0 bridgehead atoms. The van der Waals surface area contributed by atoms with E-state index in [4.69, 9.17) is 32.7 Å². The van der Waals surface area contributed by atoms with Crippen molar-refractivity contribution >= 4 is 35.0 Å². The lowest BCUT2D eigenvalue weighted by Crippen LogP contribution is -2.48. The number of carbonyl (C=O) groups is 2. The number of alkyl halides is 2. The van der Waals surface area contributed by atoms with Crippen LogP contribution < -0.4 is 5.32 Å². The summed E-state index contributed by atoms with van der Waals surface area (Å²) < 4.78 is 9.94. The first-order valence-electron chi connectivity index (χ1n) is 6.47. The Morgan fingerprint density at radius 3 is 2.50 bits per heavy atom. The van der Waals surface area contributed by atoms with Gasteiger partial charge in [0.2, 0.25) is 5.91 Å². The van der Waals surface area contributed by atoms with E-state index in [1.54, 1.807) is 12.0 Å². The number of nitrogens with zero attached hydrogens (tertiary/aromatic N) is 1. The van der Waals surface area contributed by atoms with Gasteiger partial charge in [-0.3, -0.25) is 9.59 Å². The molecular formula is C12H20Cl2N2O4. The fourth-order valence-electron chi connectivity index (χ4n) is 1.96. The summed E-state index contributed by atoms with van der Waals surface area (Å²) in [5, 5.41) is 2.88. The summed E-state index contributed by atoms with van der Waals surface area (Å²) in [4.78, 5) is 23.8. The van der Waals surface area contributed by atoms with Crippen molar-refractivity contribution in [1.82, 2.24) is 10.2 Å². The highest BCUT2D eigenvalue weighted by Gasteiger charge is 2.26. The second-order valence-corrected chi connectivity index (χ2v) is 5.61. The van der Waals surface area contributed by atoms with Gasteiger partial charge in [0, 0.05) is 26.2 Å². The maximum Gasteiger partial charge on any atom is 0.255 e. The number of ether oxygens (including phenoxy) is 2. The molecule has 1 aliphatic heterocycles. The van der Waals surface area contributed by atoms with Crippen LogP contribution >= 0.6 is 23.2 Å². The van der Waals surface area contributed by atoms with Crippen molar-refractivity contribution in [2.45, 2.75) is 23.7 Å². The second-order valence-electron chi connectivity index (χ2n) is 4.51. The number of piperidine rings is 1. The van der Waals surface area contributed by atoms with Crippen LogP contribution in [0.25, 0.3) is 0 Å². The molecule has 1 saturated heterocycles. The average molecular weight is 327 g/mol. The lowest BCUT2D eigenvalue weighted by molar-refractivity contribution is -0.130. The van der Waals surface area contributed by atoms with Crippen molar-refractivity contribution in [1.29, 1.82) is 0 Å². The summed E-state index contributed by atoms with van der Waals surface area (Å²) >= 11 is 11.1. The topological polar surface area (TPSA) is 67.9 Å². The van der Waals surface area contributed by atoms with E-state index in [1.807, 2.05) is 0 Å². The molecule has 1 heterocycles. The van der Waals surface area contributed by atoms with Crippen molar-refractivity contribution < 1.29 is 19.1 Å². The van der Waals surface area contributed by atoms with E-state index >= 15 is 0 Å². The van der Waals surface area contributed by atoms with Crippen LogP contribution in [0.2, 0.25) is 0 Å². The van der Waals surface area contributed by atoms with E-state index < -0.39 is 4.84 Å². The van der Waals surface area contributed by atoms with Crippen LogP contribution in [0.3, 0.4) is 0 Å². The van der Waals surface area contributed by atoms with Gasteiger partial charge >= 0.3 is 0 Å². The molecule has 0 spiro atoms. The predicted molar refractivity (Wildman–Crippen MR) is 75.9 cm³/mol. The normalized spacial score (nSPS) is 16.5. The van der Waals surface area contributed by atoms with E-state index in [-0.39, 0.29) is 24.5 Å². The van der Waals surface area contributed by atoms with Crippen LogP contribution in [0.1, 0.15) is 12.8 Å². The van der Waals surface area contributed by atoms with Gasteiger partial charge in [0.05, 0.1) is 13.2 Å². The Morgan fingerprint density at radius 1 is 1.30 bits per heavy atom. The van der Waals surface area contributed by atoms with Gasteiger partial charge in [0.25, 0.3) is 5.91 Å². The second kappa shape index (κ2) is 9.39. The molecule has 1 N–H and O–H groups in total. The number of nitrogens with one attached hydrogen (secondary N) is 1. The molecular weight excluding hydrogens is 307 g/mol. The Morgan fingerprint density at radius 2 is 1.95 bits per heavy atom. The van der Waals surface area contributed by atoms with Crippen LogP contribution in [0.5, 0.6) is 0 Å². The molecule has 0 unspecified atom stereocenters. The number of methoxy groups -OCH3 is 1. The van der Waals surface area contributed by atoms with E-state index in [2.05, 4.69) is 5.32 Å². The van der Waals surface area contributed by atoms with Crippen LogP contribution in [0.15, 0.2) is 0 Å². The Labute approximate surface area is 128 Å². The molecule has 0 atom stereocenters. The lowest BCUT2D eigenvalue weighted by Gasteiger charge is -2.32. The summed E-state index contributed by atoms with van der Waals surface area (Å²) in [7, 11) is 1.57. The average Bonchev–Trinajstić information content (AvgIpc) is 2.43. The molecule has 0 aromatic carbocycles. The molecule has 8 heteroatoms. The zero-order valence-electron chi connectivity index (χ0n) is 11.4. The number of rotatable bonds is 7. The maximum absolute atomic E-state index is 11.6. The lowest BCUT2D eigenvalue weighted by atomic mass is 10.1. The predicted octanol–water partition coefficient (Wildman–Crippen LogP) is 0.560. The molecule has 0 saturated carbocycles. The van der Waals surface area contributed by atoms with Crippen molar-refractivity contribution in [3.05, 3.63) is 0 Å². The number of hydrogen-bond donors (Lipinski definition) is 1. The minimum Gasteiger partial charge on any atom is -0.382 e. The Hall–Kier alpha value is -0.560. The molecule has 0 aromatic rings. The third-order valence-corrected chi connectivity index (χ3v) is 3.40. The number of carbonyl (C=O) groups excluding carboxylic acids is 2. The molecule has 1 rings (SSSR count). The van der Waals surface area contributed by atoms with Crippen molar-refractivity contribution in [2.75, 3.05) is 40.0 Å². The van der Waals surface area contributed by atoms with Gasteiger partial charge in [-0.25, -0.2) is 0 Å². The first-order valence-corrected chi connectivity index (χ1v) is 7.35. The van der Waals surface area contributed by atoms with Crippen LogP contribution in [-0.2, 0) is 19.1 Å². The molecule has 20 heavy (non-hydrogen) atoms. The summed E-state index contributed by atoms with van der Waals surface area (Å²) in [5.74, 6) is -0.431. The first kappa shape index (κ1) is 17.5. The minimum atomic E-state index is -1.02. The highest BCUT2D eigenvalue weighted by molar-refractivity contribution is 6.53. The number of halogens is 2. The number of hydrogen-bond acceptors (Lipinski definition) is 4. The van der Waals surface area contributed by atoms with Crippen molar-refractivity contribution in [3.63, 3.8) is 0 Å². The third-order valence-electron chi connectivity index (χ3n) is 3.02. The molecule has 6 nitrogen and oxygen atoms in total. The summed E-state index contributed by atoms with van der Waals surface area (Å²) in [6.45, 7) is 1.97. The van der Waals surface area contributed by atoms with Crippen LogP contribution in [0, 0.1) is 0 Å². The molecule has 0 radical (unpaired) electrons. The number of amides is 2. The molecule has 116 valence electrons. The van der Waals surface area contributed by atoms with Gasteiger partial charge in [0.1, 0.15) is 6.61 Å². The van der Waals surface area contributed by atoms with E-state index in [1.165, 1.54) is 0 Å². The Kier molecular flexibility index (Phi) is 8.21. The first-order chi connectivity index (χ1) is 9.54. The van der Waals surface area contributed by atoms with E-state index in [9.17, 15) is 9.59 Å². The third kappa shape index (κ3) is 6.26. The molecule has 0 aromatic heterocycles. The fourth-order valence-corrected chi connectivity index (χ4v) is 2.23. The van der Waals surface area contributed by atoms with Gasteiger partial charge in [-0.2, -0.15) is 0 Å². The SMILES string of the molecule is COCCOCC(=O)NC1CCN(C(=O)C(Cl)Cl)CC1. The molecule has 1 fully saturated rings. The highest BCUT2D eigenvalue weighted by atomic mass is 35.5. The Balaban J connectivity index is 2.18. The zero-order chi connectivity index (χ0) is 15.0. The van der Waals surface area contributed by atoms with E-state index in [0.29, 0.717) is 39.1 Å². The molecule has 2 amide bonds. The highest BCUT2D eigenvalue weighted by Crippen LogP contribution is 2.14. The maximum atomic E-state index is 11.6. The largest absolute Gasteiger partial charge is 0.382 e. The summed E-state index contributed by atoms with van der Waals surface area (Å²) in [6.07, 6.45) is 1.38. The summed E-state index contributed by atoms with van der Waals surface area (Å²) in [6, 6.07) is 0.0571. The fraction of sp³-hybridized carbons (Fsp3) is 0.833. The monoisotopic (exact) mass is 326 g/mol. The number of likely N-dealkylation sites (tertiary alicyclic amines) is 1. The van der Waals surface area contributed by atoms with Crippen molar-refractivity contribution in [2.24, 2.45) is 0 Å². The minimum absolute atomic E-state index is 0.0218. The van der Waals surface area contributed by atoms with Gasteiger partial charge in [-0.1, -0.05) is 23.2 Å². The molecule has 0 aliphatic carbocycles. The smallest absolute Gasteiger partial charge is 0.255 e. The van der Waals surface area contributed by atoms with Crippen LogP contribution in [0.4, 0.5) is 0 Å². The van der Waals surface area contributed by atoms with Gasteiger partial charge in [-0.15, -0.1) is 0 Å². The Bertz CT molecular complexity index is 321. The molecule has 1 aliphatic rings. The standard InChI is InChI=1S/C12H20Cl2N2O4/c1-19-6-7-20-8-10(17)15-9-2-4-16(5-3-9)12(18)11(13)14/h9,11H,2-8H2,1H3,(H,15,17). The van der Waals surface area contributed by atoms with Crippen LogP contribution in [-0.4, -0.2) is 67.6 Å². The quantitative estimate of drug-likeness (QED) is 0.548. The van der Waals surface area contributed by atoms with Gasteiger partial charge < -0.3 is 19.7 Å². The van der Waals surface area contributed by atoms with Crippen molar-refractivity contribution in [3.8, 4) is 0 Å². The van der Waals surface area contributed by atoms with Gasteiger partial charge in [0.15, 0.2) is 4.84 Å². The summed E-state index contributed by atoms with van der Waals surface area (Å²) in [5.41, 5.74) is 0. The van der Waals surface area contributed by atoms with Gasteiger partial charge in [-0.05, 0) is 12.8 Å². The zero-order valence-corrected chi connectivity index (χ0v) is 13.0.